The smallest absolute Gasteiger partial charge is 0.328 e. The van der Waals surface area contributed by atoms with Gasteiger partial charge in [-0.1, -0.05) is 23.7 Å². The predicted octanol–water partition coefficient (Wildman–Crippen LogP) is 3.03. The number of rotatable bonds is 6. The molecule has 1 aliphatic rings. The third-order valence-corrected chi connectivity index (χ3v) is 3.68. The van der Waals surface area contributed by atoms with E-state index in [-0.39, 0.29) is 12.3 Å². The highest BCUT2D eigenvalue weighted by Gasteiger charge is 2.40. The highest BCUT2D eigenvalue weighted by Crippen LogP contribution is 2.29. The number of amides is 1. The zero-order chi connectivity index (χ0) is 17.9. The molecule has 1 aromatic carbocycles. The van der Waals surface area contributed by atoms with Crippen molar-refractivity contribution in [3.63, 3.8) is 0 Å². The fourth-order valence-electron chi connectivity index (χ4n) is 2.30. The number of carbonyl (C=O) groups excluding carboxylic acids is 2. The van der Waals surface area contributed by atoms with Crippen LogP contribution >= 0.6 is 11.6 Å². The highest BCUT2D eigenvalue weighted by atomic mass is 35.5. The number of halogens is 3. The van der Waals surface area contributed by atoms with Gasteiger partial charge in [-0.2, -0.15) is 0 Å². The summed E-state index contributed by atoms with van der Waals surface area (Å²) in [6.07, 6.45) is 0.311. The van der Waals surface area contributed by atoms with E-state index < -0.39 is 30.3 Å². The van der Waals surface area contributed by atoms with Crippen LogP contribution in [0.2, 0.25) is 5.02 Å². The Kier molecular flexibility index (Phi) is 5.43. The van der Waals surface area contributed by atoms with Gasteiger partial charge < -0.3 is 14.4 Å². The Morgan fingerprint density at radius 3 is 2.67 bits per heavy atom. The molecule has 0 saturated heterocycles. The number of hydrogen-bond acceptors (Lipinski definition) is 4. The molecule has 1 amide bonds. The first kappa shape index (κ1) is 18.2. The van der Waals surface area contributed by atoms with Gasteiger partial charge in [-0.25, -0.2) is 13.6 Å². The van der Waals surface area contributed by atoms with Gasteiger partial charge in [-0.15, -0.1) is 0 Å². The topological polar surface area (TPSA) is 55.8 Å². The summed E-state index contributed by atoms with van der Waals surface area (Å²) in [5.74, 6) is -4.10. The molecule has 0 fully saturated rings. The molecule has 8 heteroatoms. The van der Waals surface area contributed by atoms with E-state index in [1.807, 2.05) is 0 Å². The van der Waals surface area contributed by atoms with Gasteiger partial charge >= 0.3 is 5.97 Å². The van der Waals surface area contributed by atoms with Crippen LogP contribution in [-0.2, 0) is 14.3 Å². The van der Waals surface area contributed by atoms with Gasteiger partial charge in [0.1, 0.15) is 17.6 Å². The van der Waals surface area contributed by atoms with Crippen molar-refractivity contribution in [3.8, 4) is 5.75 Å². The molecule has 0 bridgehead atoms. The molecule has 1 heterocycles. The van der Waals surface area contributed by atoms with Crippen molar-refractivity contribution in [3.05, 3.63) is 41.1 Å². The fourth-order valence-corrected chi connectivity index (χ4v) is 2.48. The first-order chi connectivity index (χ1) is 11.2. The SMILES string of the molecule is COC(=O)C(CC(C)(F)F)N1CC(Oc2ccccc2Cl)=CC1=O. The van der Waals surface area contributed by atoms with Crippen LogP contribution in [0, 0.1) is 0 Å². The second-order valence-corrected chi connectivity index (χ2v) is 5.83. The molecule has 24 heavy (non-hydrogen) atoms. The number of hydrogen-bond donors (Lipinski definition) is 0. The Balaban J connectivity index is 2.14. The van der Waals surface area contributed by atoms with E-state index in [0.717, 1.165) is 18.1 Å². The molecule has 130 valence electrons. The van der Waals surface area contributed by atoms with Crippen molar-refractivity contribution < 1.29 is 27.8 Å². The van der Waals surface area contributed by atoms with E-state index in [2.05, 4.69) is 4.74 Å². The van der Waals surface area contributed by atoms with Gasteiger partial charge in [0.05, 0.1) is 18.7 Å². The first-order valence-corrected chi connectivity index (χ1v) is 7.48. The zero-order valence-electron chi connectivity index (χ0n) is 13.1. The third kappa shape index (κ3) is 4.44. The molecule has 1 atom stereocenters. The van der Waals surface area contributed by atoms with Crippen LogP contribution < -0.4 is 4.74 Å². The van der Waals surface area contributed by atoms with Gasteiger partial charge in [-0.3, -0.25) is 4.79 Å². The number of alkyl halides is 2. The van der Waals surface area contributed by atoms with Gasteiger partial charge in [-0.05, 0) is 19.1 Å². The number of para-hydroxylation sites is 1. The van der Waals surface area contributed by atoms with Gasteiger partial charge in [0.25, 0.3) is 5.91 Å². The maximum atomic E-state index is 13.3. The second kappa shape index (κ2) is 7.17. The number of methoxy groups -OCH3 is 1. The summed E-state index contributed by atoms with van der Waals surface area (Å²) in [6, 6.07) is 5.23. The minimum absolute atomic E-state index is 0.125. The van der Waals surface area contributed by atoms with Gasteiger partial charge in [0.15, 0.2) is 0 Å². The molecule has 0 radical (unpaired) electrons. The number of carbonyl (C=O) groups is 2. The molecule has 0 spiro atoms. The number of esters is 1. The van der Waals surface area contributed by atoms with Crippen molar-refractivity contribution in [1.29, 1.82) is 0 Å². The molecule has 0 saturated carbocycles. The van der Waals surface area contributed by atoms with Crippen molar-refractivity contribution in [2.24, 2.45) is 0 Å². The molecule has 1 aliphatic heterocycles. The minimum atomic E-state index is -3.13. The zero-order valence-corrected chi connectivity index (χ0v) is 13.8. The van der Waals surface area contributed by atoms with E-state index in [1.165, 1.54) is 0 Å². The number of ether oxygens (including phenoxy) is 2. The Bertz CT molecular complexity index is 672. The Morgan fingerprint density at radius 1 is 1.42 bits per heavy atom. The van der Waals surface area contributed by atoms with Crippen molar-refractivity contribution in [2.45, 2.75) is 25.3 Å². The van der Waals surface area contributed by atoms with Crippen LogP contribution in [0.25, 0.3) is 0 Å². The molecule has 5 nitrogen and oxygen atoms in total. The van der Waals surface area contributed by atoms with Crippen molar-refractivity contribution in [1.82, 2.24) is 4.90 Å². The number of benzene rings is 1. The largest absolute Gasteiger partial charge is 0.467 e. The standard InChI is InChI=1S/C16H16ClF2NO4/c1-16(18,19)8-12(15(22)23-2)20-9-10(7-14(20)21)24-13-6-4-3-5-11(13)17/h3-7,12H,8-9H2,1-2H3. The van der Waals surface area contributed by atoms with Crippen LogP contribution in [0.1, 0.15) is 13.3 Å². The lowest BCUT2D eigenvalue weighted by molar-refractivity contribution is -0.154. The Hall–Kier alpha value is -2.15. The quantitative estimate of drug-likeness (QED) is 0.733. The van der Waals surface area contributed by atoms with Crippen LogP contribution in [-0.4, -0.2) is 42.4 Å². The van der Waals surface area contributed by atoms with E-state index in [9.17, 15) is 18.4 Å². The second-order valence-electron chi connectivity index (χ2n) is 5.42. The lowest BCUT2D eigenvalue weighted by atomic mass is 10.1. The molecule has 1 unspecified atom stereocenters. The monoisotopic (exact) mass is 359 g/mol. The van der Waals surface area contributed by atoms with E-state index >= 15 is 0 Å². The average molecular weight is 360 g/mol. The van der Waals surface area contributed by atoms with Crippen LogP contribution in [0.3, 0.4) is 0 Å². The summed E-state index contributed by atoms with van der Waals surface area (Å²) in [5.41, 5.74) is 0. The first-order valence-electron chi connectivity index (χ1n) is 7.10. The van der Waals surface area contributed by atoms with E-state index in [0.29, 0.717) is 17.7 Å². The molecular weight excluding hydrogens is 344 g/mol. The summed E-state index contributed by atoms with van der Waals surface area (Å²) in [7, 11) is 1.08. The molecule has 1 aromatic rings. The van der Waals surface area contributed by atoms with Gasteiger partial charge in [0.2, 0.25) is 5.92 Å². The number of nitrogens with zero attached hydrogens (tertiary/aromatic N) is 1. The summed E-state index contributed by atoms with van der Waals surface area (Å²) < 4.78 is 36.7. The Labute approximate surface area is 142 Å². The summed E-state index contributed by atoms with van der Waals surface area (Å²) in [6.45, 7) is 0.554. The summed E-state index contributed by atoms with van der Waals surface area (Å²) in [5, 5.41) is 0.342. The van der Waals surface area contributed by atoms with Crippen LogP contribution in [0.5, 0.6) is 5.75 Å². The van der Waals surface area contributed by atoms with E-state index in [1.54, 1.807) is 24.3 Å². The lowest BCUT2D eigenvalue weighted by Gasteiger charge is -2.27. The molecule has 0 aliphatic carbocycles. The molecular formula is C16H16ClF2NO4. The lowest BCUT2D eigenvalue weighted by Crippen LogP contribution is -2.46. The normalized spacial score (nSPS) is 16.0. The van der Waals surface area contributed by atoms with Crippen molar-refractivity contribution >= 4 is 23.5 Å². The summed E-state index contributed by atoms with van der Waals surface area (Å²) in [4.78, 5) is 24.9. The van der Waals surface area contributed by atoms with Crippen LogP contribution in [0.4, 0.5) is 8.78 Å². The van der Waals surface area contributed by atoms with Crippen molar-refractivity contribution in [2.75, 3.05) is 13.7 Å². The average Bonchev–Trinajstić information content (AvgIpc) is 2.86. The van der Waals surface area contributed by atoms with Gasteiger partial charge in [0, 0.05) is 12.5 Å². The third-order valence-electron chi connectivity index (χ3n) is 3.37. The maximum Gasteiger partial charge on any atom is 0.328 e. The highest BCUT2D eigenvalue weighted by molar-refractivity contribution is 6.32. The molecule has 0 N–H and O–H groups in total. The maximum absolute atomic E-state index is 13.3. The molecule has 2 rings (SSSR count). The van der Waals surface area contributed by atoms with E-state index in [4.69, 9.17) is 16.3 Å². The fraction of sp³-hybridized carbons (Fsp3) is 0.375. The summed E-state index contributed by atoms with van der Waals surface area (Å²) >= 11 is 5.97. The van der Waals surface area contributed by atoms with Crippen LogP contribution in [0.15, 0.2) is 36.1 Å². The predicted molar refractivity (Wildman–Crippen MR) is 82.9 cm³/mol. The Morgan fingerprint density at radius 2 is 2.08 bits per heavy atom. The minimum Gasteiger partial charge on any atom is -0.467 e. The molecule has 0 aromatic heterocycles.